The summed E-state index contributed by atoms with van der Waals surface area (Å²) in [5, 5.41) is 6.96. The van der Waals surface area contributed by atoms with Crippen LogP contribution in [0.5, 0.6) is 0 Å². The van der Waals surface area contributed by atoms with Gasteiger partial charge < -0.3 is 4.57 Å². The van der Waals surface area contributed by atoms with Crippen LogP contribution in [0.4, 0.5) is 0 Å². The van der Waals surface area contributed by atoms with E-state index in [-0.39, 0.29) is 0 Å². The Labute approximate surface area is 114 Å². The molecule has 0 saturated heterocycles. The number of hydrogen-bond acceptors (Lipinski definition) is 2. The predicted molar refractivity (Wildman–Crippen MR) is 74.2 cm³/mol. The van der Waals surface area contributed by atoms with Crippen molar-refractivity contribution < 1.29 is 0 Å². The van der Waals surface area contributed by atoms with Gasteiger partial charge in [0.2, 0.25) is 0 Å². The van der Waals surface area contributed by atoms with Crippen molar-refractivity contribution in [2.75, 3.05) is 0 Å². The molecule has 0 bridgehead atoms. The van der Waals surface area contributed by atoms with Gasteiger partial charge in [-0.1, -0.05) is 15.9 Å². The highest BCUT2D eigenvalue weighted by Crippen LogP contribution is 2.24. The Morgan fingerprint density at radius 2 is 2.20 bits per heavy atom. The summed E-state index contributed by atoms with van der Waals surface area (Å²) in [5.41, 5.74) is 1.05. The Hall–Kier alpha value is -0.210. The van der Waals surface area contributed by atoms with Crippen molar-refractivity contribution in [2.24, 2.45) is 7.05 Å². The van der Waals surface area contributed by atoms with Crippen molar-refractivity contribution in [3.63, 3.8) is 0 Å². The van der Waals surface area contributed by atoms with E-state index in [4.69, 9.17) is 12.2 Å². The molecule has 2 rings (SSSR count). The Morgan fingerprint density at radius 3 is 2.73 bits per heavy atom. The molecular weight excluding hydrogens is 389 g/mol. The molecule has 0 saturated carbocycles. The van der Waals surface area contributed by atoms with Gasteiger partial charge >= 0.3 is 0 Å². The molecule has 6 heteroatoms. The van der Waals surface area contributed by atoms with Crippen molar-refractivity contribution in [2.45, 2.75) is 0 Å². The molecule has 0 atom stereocenters. The average Bonchev–Trinajstić information content (AvgIpc) is 2.46. The lowest BCUT2D eigenvalue weighted by Crippen LogP contribution is -1.92. The van der Waals surface area contributed by atoms with E-state index in [0.717, 1.165) is 19.4 Å². The molecule has 0 amide bonds. The number of H-pyrrole nitrogens is 1. The van der Waals surface area contributed by atoms with Crippen molar-refractivity contribution >= 4 is 50.7 Å². The van der Waals surface area contributed by atoms with E-state index >= 15 is 0 Å². The molecule has 2 aromatic rings. The zero-order chi connectivity index (χ0) is 11.0. The van der Waals surface area contributed by atoms with Gasteiger partial charge in [-0.05, 0) is 53.0 Å². The van der Waals surface area contributed by atoms with Crippen LogP contribution >= 0.6 is 50.7 Å². The largest absolute Gasteiger partial charge is 0.303 e. The van der Waals surface area contributed by atoms with Gasteiger partial charge in [0.05, 0.1) is 0 Å². The lowest BCUT2D eigenvalue weighted by molar-refractivity contribution is 0.902. The quantitative estimate of drug-likeness (QED) is 0.592. The first-order valence-electron chi connectivity index (χ1n) is 4.16. The summed E-state index contributed by atoms with van der Waals surface area (Å²) in [4.78, 5) is 0. The molecule has 0 spiro atoms. The van der Waals surface area contributed by atoms with Crippen molar-refractivity contribution in [1.82, 2.24) is 14.8 Å². The second-order valence-electron chi connectivity index (χ2n) is 3.07. The molecule has 78 valence electrons. The number of aromatic nitrogens is 3. The number of aromatic amines is 1. The van der Waals surface area contributed by atoms with E-state index in [1.807, 2.05) is 23.7 Å². The Kier molecular flexibility index (Phi) is 3.27. The highest BCUT2D eigenvalue weighted by molar-refractivity contribution is 14.1. The van der Waals surface area contributed by atoms with Gasteiger partial charge in [0.1, 0.15) is 0 Å². The van der Waals surface area contributed by atoms with E-state index in [1.165, 1.54) is 0 Å². The summed E-state index contributed by atoms with van der Waals surface area (Å²) in [5.74, 6) is 0.846. The van der Waals surface area contributed by atoms with Crippen molar-refractivity contribution in [3.8, 4) is 11.4 Å². The van der Waals surface area contributed by atoms with Gasteiger partial charge in [0, 0.05) is 20.7 Å². The van der Waals surface area contributed by atoms with Gasteiger partial charge in [-0.3, -0.25) is 5.10 Å². The summed E-state index contributed by atoms with van der Waals surface area (Å²) in [7, 11) is 1.90. The van der Waals surface area contributed by atoms with Gasteiger partial charge in [-0.2, -0.15) is 5.10 Å². The molecule has 0 fully saturated rings. The Bertz CT molecular complexity index is 540. The number of benzene rings is 1. The number of rotatable bonds is 1. The van der Waals surface area contributed by atoms with E-state index in [9.17, 15) is 0 Å². The summed E-state index contributed by atoms with van der Waals surface area (Å²) < 4.78 is 4.68. The number of halogens is 2. The van der Waals surface area contributed by atoms with Crippen LogP contribution in [-0.4, -0.2) is 14.8 Å². The Balaban J connectivity index is 2.63. The van der Waals surface area contributed by atoms with E-state index in [2.05, 4.69) is 54.8 Å². The molecule has 0 unspecified atom stereocenters. The molecule has 0 aliphatic rings. The summed E-state index contributed by atoms with van der Waals surface area (Å²) in [6.07, 6.45) is 0. The van der Waals surface area contributed by atoms with Crippen LogP contribution < -0.4 is 0 Å². The highest BCUT2D eigenvalue weighted by atomic mass is 127. The fourth-order valence-corrected chi connectivity index (χ4v) is 3.01. The van der Waals surface area contributed by atoms with Crippen LogP contribution in [0, 0.1) is 8.34 Å². The van der Waals surface area contributed by atoms with Gasteiger partial charge in [0.15, 0.2) is 10.6 Å². The SMILES string of the molecule is Cn1c(-c2cc(Br)cc(I)c2)n[nH]c1=S. The molecule has 0 radical (unpaired) electrons. The van der Waals surface area contributed by atoms with E-state index in [1.54, 1.807) is 0 Å². The van der Waals surface area contributed by atoms with Crippen LogP contribution in [-0.2, 0) is 7.05 Å². The summed E-state index contributed by atoms with van der Waals surface area (Å²) >= 11 is 10.8. The highest BCUT2D eigenvalue weighted by Gasteiger charge is 2.06. The zero-order valence-corrected chi connectivity index (χ0v) is 12.4. The molecule has 1 aromatic carbocycles. The predicted octanol–water partition coefficient (Wildman–Crippen LogP) is 3.51. The zero-order valence-electron chi connectivity index (χ0n) is 7.79. The average molecular weight is 396 g/mol. The third-order valence-electron chi connectivity index (χ3n) is 2.00. The lowest BCUT2D eigenvalue weighted by Gasteiger charge is -2.02. The Morgan fingerprint density at radius 1 is 1.47 bits per heavy atom. The smallest absolute Gasteiger partial charge is 0.195 e. The molecule has 1 aromatic heterocycles. The fourth-order valence-electron chi connectivity index (χ4n) is 1.29. The van der Waals surface area contributed by atoms with Gasteiger partial charge in [0.25, 0.3) is 0 Å². The van der Waals surface area contributed by atoms with E-state index in [0.29, 0.717) is 4.77 Å². The number of hydrogen-bond donors (Lipinski definition) is 1. The van der Waals surface area contributed by atoms with Crippen molar-refractivity contribution in [3.05, 3.63) is 31.0 Å². The van der Waals surface area contributed by atoms with Gasteiger partial charge in [-0.15, -0.1) is 0 Å². The third kappa shape index (κ3) is 2.31. The first-order chi connectivity index (χ1) is 7.08. The van der Waals surface area contributed by atoms with Gasteiger partial charge in [-0.25, -0.2) is 0 Å². The fraction of sp³-hybridized carbons (Fsp3) is 0.111. The minimum Gasteiger partial charge on any atom is -0.303 e. The second-order valence-corrected chi connectivity index (χ2v) is 5.62. The summed E-state index contributed by atoms with van der Waals surface area (Å²) in [6, 6.07) is 6.13. The van der Waals surface area contributed by atoms with Crippen LogP contribution in [0.3, 0.4) is 0 Å². The molecule has 3 nitrogen and oxygen atoms in total. The topological polar surface area (TPSA) is 33.6 Å². The summed E-state index contributed by atoms with van der Waals surface area (Å²) in [6.45, 7) is 0. The van der Waals surface area contributed by atoms with Crippen LogP contribution in [0.25, 0.3) is 11.4 Å². The minimum atomic E-state index is 0.625. The first kappa shape index (κ1) is 11.3. The lowest BCUT2D eigenvalue weighted by atomic mass is 10.2. The molecule has 0 aliphatic heterocycles. The second kappa shape index (κ2) is 4.34. The molecule has 1 heterocycles. The minimum absolute atomic E-state index is 0.625. The maximum Gasteiger partial charge on any atom is 0.195 e. The molecule has 0 aliphatic carbocycles. The van der Waals surface area contributed by atoms with Crippen LogP contribution in [0.2, 0.25) is 0 Å². The maximum atomic E-state index is 5.07. The van der Waals surface area contributed by atoms with Crippen LogP contribution in [0.1, 0.15) is 0 Å². The van der Waals surface area contributed by atoms with Crippen LogP contribution in [0.15, 0.2) is 22.7 Å². The van der Waals surface area contributed by atoms with E-state index < -0.39 is 0 Å². The number of nitrogens with one attached hydrogen (secondary N) is 1. The molecule has 15 heavy (non-hydrogen) atoms. The third-order valence-corrected chi connectivity index (χ3v) is 3.45. The number of nitrogens with zero attached hydrogens (tertiary/aromatic N) is 2. The monoisotopic (exact) mass is 395 g/mol. The molecule has 1 N–H and O–H groups in total. The maximum absolute atomic E-state index is 5.07. The molecular formula is C9H7BrIN3S. The van der Waals surface area contributed by atoms with Crippen molar-refractivity contribution in [1.29, 1.82) is 0 Å². The first-order valence-corrected chi connectivity index (χ1v) is 6.44. The normalized spacial score (nSPS) is 10.6. The standard InChI is InChI=1S/C9H7BrIN3S/c1-14-8(12-13-9(14)15)5-2-6(10)4-7(11)3-5/h2-4H,1H3,(H,13,15).